The van der Waals surface area contributed by atoms with Crippen molar-refractivity contribution in [3.8, 4) is 0 Å². The summed E-state index contributed by atoms with van der Waals surface area (Å²) in [5.74, 6) is 1.10. The summed E-state index contributed by atoms with van der Waals surface area (Å²) in [6.45, 7) is 6.57. The summed E-state index contributed by atoms with van der Waals surface area (Å²) in [5, 5.41) is 14.9. The van der Waals surface area contributed by atoms with Crippen LogP contribution < -0.4 is 16.4 Å². The van der Waals surface area contributed by atoms with E-state index in [9.17, 15) is 0 Å². The van der Waals surface area contributed by atoms with Gasteiger partial charge in [-0.25, -0.2) is 4.68 Å². The molecule has 8 nitrogen and oxygen atoms in total. The van der Waals surface area contributed by atoms with Crippen molar-refractivity contribution in [2.45, 2.75) is 32.9 Å². The molecule has 132 valence electrons. The average molecular weight is 405 g/mol. The third kappa shape index (κ3) is 4.05. The number of benzene rings is 1. The number of rotatable bonds is 6. The Morgan fingerprint density at radius 3 is 2.52 bits per heavy atom. The number of halogens is 1. The van der Waals surface area contributed by atoms with E-state index in [0.717, 1.165) is 10.2 Å². The van der Waals surface area contributed by atoms with Gasteiger partial charge in [0.05, 0.1) is 6.04 Å². The lowest BCUT2D eigenvalue weighted by molar-refractivity contribution is 0.526. The second kappa shape index (κ2) is 7.32. The Bertz CT molecular complexity index is 856. The van der Waals surface area contributed by atoms with Crippen LogP contribution in [0.4, 0.5) is 17.5 Å². The molecule has 3 rings (SSSR count). The number of anilines is 3. The van der Waals surface area contributed by atoms with Crippen LogP contribution in [-0.2, 0) is 0 Å². The molecule has 1 unspecified atom stereocenters. The largest absolute Gasteiger partial charge is 0.353 e. The van der Waals surface area contributed by atoms with Crippen molar-refractivity contribution >= 4 is 44.5 Å². The van der Waals surface area contributed by atoms with Gasteiger partial charge in [0.1, 0.15) is 0 Å². The minimum Gasteiger partial charge on any atom is -0.353 e. The molecule has 0 aliphatic carbocycles. The lowest BCUT2D eigenvalue weighted by Crippen LogP contribution is -2.26. The summed E-state index contributed by atoms with van der Waals surface area (Å²) < 4.78 is 2.79. The highest BCUT2D eigenvalue weighted by atomic mass is 79.9. The fourth-order valence-corrected chi connectivity index (χ4v) is 2.53. The molecule has 0 fully saturated rings. The van der Waals surface area contributed by atoms with Gasteiger partial charge in [0.2, 0.25) is 5.95 Å². The standard InChI is InChI=1S/C16H21BrN8/c1-9(2)25-15-13(23-24-25)14(20-12-6-4-11(17)5-7-12)21-16(22-15)19-8-10(3)18/h4-7,9-10H,8,18H2,1-3H3,(H2,19,20,21,22). The van der Waals surface area contributed by atoms with E-state index < -0.39 is 0 Å². The van der Waals surface area contributed by atoms with Gasteiger partial charge in [0, 0.05) is 22.7 Å². The Kier molecular flexibility index (Phi) is 5.14. The number of fused-ring (bicyclic) bond motifs is 1. The first-order valence-electron chi connectivity index (χ1n) is 8.09. The van der Waals surface area contributed by atoms with Gasteiger partial charge in [0.25, 0.3) is 0 Å². The van der Waals surface area contributed by atoms with E-state index in [4.69, 9.17) is 5.73 Å². The van der Waals surface area contributed by atoms with Gasteiger partial charge < -0.3 is 16.4 Å². The average Bonchev–Trinajstić information content (AvgIpc) is 2.99. The molecule has 9 heteroatoms. The molecular weight excluding hydrogens is 384 g/mol. The maximum atomic E-state index is 5.82. The number of hydrogen-bond acceptors (Lipinski definition) is 7. The zero-order valence-electron chi connectivity index (χ0n) is 14.4. The van der Waals surface area contributed by atoms with Crippen LogP contribution in [0.2, 0.25) is 0 Å². The van der Waals surface area contributed by atoms with Crippen LogP contribution in [-0.4, -0.2) is 37.5 Å². The Balaban J connectivity index is 2.03. The van der Waals surface area contributed by atoms with E-state index in [1.165, 1.54) is 0 Å². The first-order valence-corrected chi connectivity index (χ1v) is 8.88. The van der Waals surface area contributed by atoms with Crippen molar-refractivity contribution in [3.63, 3.8) is 0 Å². The van der Waals surface area contributed by atoms with E-state index in [-0.39, 0.29) is 12.1 Å². The lowest BCUT2D eigenvalue weighted by atomic mass is 10.3. The Hall–Kier alpha value is -2.26. The molecule has 0 aliphatic heterocycles. The highest BCUT2D eigenvalue weighted by molar-refractivity contribution is 9.10. The summed E-state index contributed by atoms with van der Waals surface area (Å²) >= 11 is 3.43. The number of nitrogens with one attached hydrogen (secondary N) is 2. The minimum atomic E-state index is -0.00434. The highest BCUT2D eigenvalue weighted by Crippen LogP contribution is 2.25. The van der Waals surface area contributed by atoms with Crippen molar-refractivity contribution in [1.82, 2.24) is 25.0 Å². The zero-order chi connectivity index (χ0) is 18.0. The predicted octanol–water partition coefficient (Wildman–Crippen LogP) is 3.07. The zero-order valence-corrected chi connectivity index (χ0v) is 15.9. The van der Waals surface area contributed by atoms with Crippen LogP contribution in [0.1, 0.15) is 26.8 Å². The highest BCUT2D eigenvalue weighted by Gasteiger charge is 2.16. The molecule has 0 saturated heterocycles. The van der Waals surface area contributed by atoms with Crippen molar-refractivity contribution < 1.29 is 0 Å². The first kappa shape index (κ1) is 17.6. The molecule has 4 N–H and O–H groups in total. The monoisotopic (exact) mass is 404 g/mol. The van der Waals surface area contributed by atoms with Crippen LogP contribution >= 0.6 is 15.9 Å². The van der Waals surface area contributed by atoms with E-state index in [0.29, 0.717) is 29.5 Å². The van der Waals surface area contributed by atoms with Crippen molar-refractivity contribution in [2.24, 2.45) is 5.73 Å². The van der Waals surface area contributed by atoms with E-state index in [2.05, 4.69) is 46.8 Å². The van der Waals surface area contributed by atoms with Gasteiger partial charge in [-0.1, -0.05) is 21.1 Å². The third-order valence-electron chi connectivity index (χ3n) is 3.50. The van der Waals surface area contributed by atoms with Crippen LogP contribution in [0.3, 0.4) is 0 Å². The molecule has 3 aromatic rings. The summed E-state index contributed by atoms with van der Waals surface area (Å²) in [6, 6.07) is 7.97. The Morgan fingerprint density at radius 2 is 1.88 bits per heavy atom. The molecule has 0 amide bonds. The van der Waals surface area contributed by atoms with Crippen LogP contribution in [0, 0.1) is 0 Å². The Labute approximate surface area is 154 Å². The molecule has 2 aromatic heterocycles. The molecule has 25 heavy (non-hydrogen) atoms. The van der Waals surface area contributed by atoms with Crippen LogP contribution in [0.15, 0.2) is 28.7 Å². The smallest absolute Gasteiger partial charge is 0.226 e. The molecule has 0 radical (unpaired) electrons. The summed E-state index contributed by atoms with van der Waals surface area (Å²) in [6.07, 6.45) is 0. The van der Waals surface area contributed by atoms with Gasteiger partial charge >= 0.3 is 0 Å². The number of hydrogen-bond donors (Lipinski definition) is 3. The molecule has 1 aromatic carbocycles. The molecular formula is C16H21BrN8. The second-order valence-corrected chi connectivity index (χ2v) is 7.10. The van der Waals surface area contributed by atoms with Crippen LogP contribution in [0.25, 0.3) is 11.2 Å². The fraction of sp³-hybridized carbons (Fsp3) is 0.375. The third-order valence-corrected chi connectivity index (χ3v) is 4.03. The van der Waals surface area contributed by atoms with Gasteiger partial charge in [-0.15, -0.1) is 5.10 Å². The van der Waals surface area contributed by atoms with Gasteiger partial charge in [0.15, 0.2) is 17.0 Å². The second-order valence-electron chi connectivity index (χ2n) is 6.19. The summed E-state index contributed by atoms with van der Waals surface area (Å²) in [5.41, 5.74) is 8.03. The molecule has 2 heterocycles. The fourth-order valence-electron chi connectivity index (χ4n) is 2.27. The molecule has 0 spiro atoms. The number of nitrogens with two attached hydrogens (primary N) is 1. The predicted molar refractivity (Wildman–Crippen MR) is 103 cm³/mol. The van der Waals surface area contributed by atoms with Gasteiger partial charge in [-0.3, -0.25) is 0 Å². The van der Waals surface area contributed by atoms with E-state index in [1.54, 1.807) is 4.68 Å². The molecule has 1 atom stereocenters. The molecule has 0 bridgehead atoms. The van der Waals surface area contributed by atoms with Crippen molar-refractivity contribution in [3.05, 3.63) is 28.7 Å². The molecule has 0 aliphatic rings. The Morgan fingerprint density at radius 1 is 1.16 bits per heavy atom. The van der Waals surface area contributed by atoms with Crippen molar-refractivity contribution in [2.75, 3.05) is 17.2 Å². The number of nitrogens with zero attached hydrogens (tertiary/aromatic N) is 5. The van der Waals surface area contributed by atoms with E-state index >= 15 is 0 Å². The lowest BCUT2D eigenvalue weighted by Gasteiger charge is -2.12. The maximum Gasteiger partial charge on any atom is 0.226 e. The van der Waals surface area contributed by atoms with Gasteiger partial charge in [-0.05, 0) is 45.0 Å². The quantitative estimate of drug-likeness (QED) is 0.579. The van der Waals surface area contributed by atoms with Gasteiger partial charge in [-0.2, -0.15) is 9.97 Å². The summed E-state index contributed by atoms with van der Waals surface area (Å²) in [7, 11) is 0. The molecule has 0 saturated carbocycles. The van der Waals surface area contributed by atoms with E-state index in [1.807, 2.05) is 45.0 Å². The number of aromatic nitrogens is 5. The van der Waals surface area contributed by atoms with Crippen molar-refractivity contribution in [1.29, 1.82) is 0 Å². The maximum absolute atomic E-state index is 5.82. The first-order chi connectivity index (χ1) is 11.9. The minimum absolute atomic E-state index is 0.00434. The normalized spacial score (nSPS) is 12.6. The topological polar surface area (TPSA) is 107 Å². The summed E-state index contributed by atoms with van der Waals surface area (Å²) in [4.78, 5) is 9.10. The van der Waals surface area contributed by atoms with Crippen LogP contribution in [0.5, 0.6) is 0 Å². The SMILES string of the molecule is CC(N)CNc1nc(Nc2ccc(Br)cc2)c2nnn(C(C)C)c2n1.